The van der Waals surface area contributed by atoms with Gasteiger partial charge in [0.2, 0.25) is 10.0 Å². The molecule has 6 nitrogen and oxygen atoms in total. The van der Waals surface area contributed by atoms with Gasteiger partial charge in [0.15, 0.2) is 0 Å². The summed E-state index contributed by atoms with van der Waals surface area (Å²) in [6, 6.07) is 7.27. The van der Waals surface area contributed by atoms with Crippen LogP contribution in [0.5, 0.6) is 0 Å². The van der Waals surface area contributed by atoms with Crippen LogP contribution in [-0.2, 0) is 21.2 Å². The number of nitrogens with one attached hydrogen (secondary N) is 1. The van der Waals surface area contributed by atoms with E-state index in [0.29, 0.717) is 24.7 Å². The van der Waals surface area contributed by atoms with Gasteiger partial charge in [-0.2, -0.15) is 0 Å². The van der Waals surface area contributed by atoms with Crippen LogP contribution in [0.4, 0.5) is 0 Å². The van der Waals surface area contributed by atoms with Crippen LogP contribution in [-0.4, -0.2) is 57.7 Å². The minimum absolute atomic E-state index is 0.0295. The molecule has 1 aromatic rings. The van der Waals surface area contributed by atoms with Crippen molar-refractivity contribution in [1.29, 1.82) is 0 Å². The number of carbonyl (C=O) groups is 1. The first-order chi connectivity index (χ1) is 11.7. The fraction of sp³-hybridized carbons (Fsp3) is 0.611. The summed E-state index contributed by atoms with van der Waals surface area (Å²) in [5.74, 6) is 0.100. The maximum absolute atomic E-state index is 12.5. The molecule has 1 amide bonds. The highest BCUT2D eigenvalue weighted by Gasteiger charge is 2.34. The number of carbonyl (C=O) groups excluding carboxylic acids is 1. The van der Waals surface area contributed by atoms with Crippen molar-refractivity contribution in [2.75, 3.05) is 33.1 Å². The summed E-state index contributed by atoms with van der Waals surface area (Å²) in [5.41, 5.74) is 1.78. The monoisotopic (exact) mass is 368 g/mol. The van der Waals surface area contributed by atoms with Crippen LogP contribution < -0.4 is 5.32 Å². The molecule has 0 unspecified atom stereocenters. The van der Waals surface area contributed by atoms with E-state index in [1.54, 1.807) is 0 Å². The Kier molecular flexibility index (Phi) is 6.59. The smallest absolute Gasteiger partial charge is 0.251 e. The topological polar surface area (TPSA) is 75.7 Å². The van der Waals surface area contributed by atoms with Crippen molar-refractivity contribution in [2.45, 2.75) is 26.3 Å². The Hall–Kier alpha value is -1.44. The van der Waals surface area contributed by atoms with Gasteiger partial charge in [-0.05, 0) is 30.0 Å². The number of sulfonamides is 1. The maximum atomic E-state index is 12.5. The molecule has 2 atom stereocenters. The van der Waals surface area contributed by atoms with Crippen LogP contribution in [0.25, 0.3) is 0 Å². The highest BCUT2D eigenvalue weighted by molar-refractivity contribution is 7.89. The Bertz CT molecular complexity index is 684. The van der Waals surface area contributed by atoms with Crippen molar-refractivity contribution in [2.24, 2.45) is 11.8 Å². The first-order valence-electron chi connectivity index (χ1n) is 8.57. The molecule has 2 rings (SSSR count). The van der Waals surface area contributed by atoms with Crippen molar-refractivity contribution in [3.63, 3.8) is 0 Å². The zero-order valence-electron chi connectivity index (χ0n) is 15.4. The third-order valence-electron chi connectivity index (χ3n) is 4.36. The van der Waals surface area contributed by atoms with E-state index < -0.39 is 10.0 Å². The van der Waals surface area contributed by atoms with Crippen molar-refractivity contribution in [3.05, 3.63) is 35.4 Å². The Labute approximate surface area is 150 Å². The van der Waals surface area contributed by atoms with Gasteiger partial charge >= 0.3 is 0 Å². The second-order valence-electron chi connectivity index (χ2n) is 7.23. The second kappa shape index (κ2) is 8.29. The summed E-state index contributed by atoms with van der Waals surface area (Å²) in [7, 11) is -0.307. The summed E-state index contributed by atoms with van der Waals surface area (Å²) in [5, 5.41) is 2.92. The minimum atomic E-state index is -3.33. The van der Waals surface area contributed by atoms with Crippen LogP contribution in [0.2, 0.25) is 0 Å². The third-order valence-corrected chi connectivity index (χ3v) is 6.32. The number of hydrogen-bond donors (Lipinski definition) is 1. The standard InChI is InChI=1S/C18H28N2O4S/c1-13(2)9-14-5-7-15(8-6-14)18(21)19-17-11-24-10-16(17)12-25(22,23)20(3)4/h5-8,13,16-17H,9-12H2,1-4H3,(H,19,21)/t16-,17-/m0/s1. The van der Waals surface area contributed by atoms with Crippen LogP contribution in [0.15, 0.2) is 24.3 Å². The summed E-state index contributed by atoms with van der Waals surface area (Å²) in [4.78, 5) is 12.5. The van der Waals surface area contributed by atoms with E-state index in [1.165, 1.54) is 24.0 Å². The Morgan fingerprint density at radius 3 is 2.44 bits per heavy atom. The molecule has 0 aromatic heterocycles. The van der Waals surface area contributed by atoms with E-state index in [0.717, 1.165) is 6.42 Å². The van der Waals surface area contributed by atoms with Gasteiger partial charge in [-0.3, -0.25) is 4.79 Å². The lowest BCUT2D eigenvalue weighted by Gasteiger charge is -2.21. The molecule has 7 heteroatoms. The molecular formula is C18H28N2O4S. The van der Waals surface area contributed by atoms with E-state index in [9.17, 15) is 13.2 Å². The molecule has 1 saturated heterocycles. The van der Waals surface area contributed by atoms with Crippen LogP contribution in [0.1, 0.15) is 29.8 Å². The molecule has 1 aliphatic heterocycles. The molecule has 0 spiro atoms. The Morgan fingerprint density at radius 2 is 1.88 bits per heavy atom. The predicted molar refractivity (Wildman–Crippen MR) is 98.0 cm³/mol. The van der Waals surface area contributed by atoms with E-state index >= 15 is 0 Å². The largest absolute Gasteiger partial charge is 0.379 e. The third kappa shape index (κ3) is 5.52. The Balaban J connectivity index is 1.99. The zero-order valence-corrected chi connectivity index (χ0v) is 16.2. The number of rotatable bonds is 7. The predicted octanol–water partition coefficient (Wildman–Crippen LogP) is 1.52. The molecule has 1 heterocycles. The van der Waals surface area contributed by atoms with Crippen molar-refractivity contribution in [1.82, 2.24) is 9.62 Å². The second-order valence-corrected chi connectivity index (χ2v) is 9.46. The molecule has 0 saturated carbocycles. The van der Waals surface area contributed by atoms with Gasteiger partial charge in [0.1, 0.15) is 0 Å². The van der Waals surface area contributed by atoms with Gasteiger partial charge in [0, 0.05) is 25.6 Å². The first kappa shape index (κ1) is 19.9. The normalized spacial score (nSPS) is 21.0. The van der Waals surface area contributed by atoms with E-state index in [-0.39, 0.29) is 23.6 Å². The van der Waals surface area contributed by atoms with Gasteiger partial charge < -0.3 is 10.1 Å². The van der Waals surface area contributed by atoms with Gasteiger partial charge in [-0.1, -0.05) is 26.0 Å². The average molecular weight is 368 g/mol. The highest BCUT2D eigenvalue weighted by Crippen LogP contribution is 2.18. The summed E-state index contributed by atoms with van der Waals surface area (Å²) >= 11 is 0. The lowest BCUT2D eigenvalue weighted by Crippen LogP contribution is -2.43. The summed E-state index contributed by atoms with van der Waals surface area (Å²) in [6.07, 6.45) is 0.975. The van der Waals surface area contributed by atoms with Gasteiger partial charge in [-0.25, -0.2) is 12.7 Å². The van der Waals surface area contributed by atoms with Crippen LogP contribution in [0, 0.1) is 11.8 Å². The van der Waals surface area contributed by atoms with Crippen molar-refractivity contribution < 1.29 is 17.9 Å². The van der Waals surface area contributed by atoms with E-state index in [1.807, 2.05) is 24.3 Å². The lowest BCUT2D eigenvalue weighted by atomic mass is 10.0. The number of nitrogens with zero attached hydrogens (tertiary/aromatic N) is 1. The van der Waals surface area contributed by atoms with Gasteiger partial charge in [0.25, 0.3) is 5.91 Å². The molecule has 1 N–H and O–H groups in total. The molecular weight excluding hydrogens is 340 g/mol. The highest BCUT2D eigenvalue weighted by atomic mass is 32.2. The molecule has 140 valence electrons. The molecule has 1 aliphatic rings. The molecule has 0 aliphatic carbocycles. The minimum Gasteiger partial charge on any atom is -0.379 e. The SMILES string of the molecule is CC(C)Cc1ccc(C(=O)N[C@H]2COC[C@H]2CS(=O)(=O)N(C)C)cc1. The quantitative estimate of drug-likeness (QED) is 0.792. The Morgan fingerprint density at radius 1 is 1.24 bits per heavy atom. The number of benzene rings is 1. The van der Waals surface area contributed by atoms with Crippen molar-refractivity contribution >= 4 is 15.9 Å². The summed E-state index contributed by atoms with van der Waals surface area (Å²) < 4.78 is 30.7. The molecule has 25 heavy (non-hydrogen) atoms. The molecule has 1 fully saturated rings. The van der Waals surface area contributed by atoms with E-state index in [2.05, 4.69) is 19.2 Å². The fourth-order valence-electron chi connectivity index (χ4n) is 2.86. The molecule has 1 aromatic carbocycles. The van der Waals surface area contributed by atoms with Crippen LogP contribution >= 0.6 is 0 Å². The first-order valence-corrected chi connectivity index (χ1v) is 10.2. The lowest BCUT2D eigenvalue weighted by molar-refractivity contribution is 0.0926. The fourth-order valence-corrected chi connectivity index (χ4v) is 4.03. The maximum Gasteiger partial charge on any atom is 0.251 e. The van der Waals surface area contributed by atoms with E-state index in [4.69, 9.17) is 4.74 Å². The van der Waals surface area contributed by atoms with Gasteiger partial charge in [0.05, 0.1) is 25.0 Å². The number of ether oxygens (including phenoxy) is 1. The molecule has 0 radical (unpaired) electrons. The molecule has 0 bridgehead atoms. The zero-order chi connectivity index (χ0) is 18.6. The van der Waals surface area contributed by atoms with Gasteiger partial charge in [-0.15, -0.1) is 0 Å². The number of amides is 1. The van der Waals surface area contributed by atoms with Crippen molar-refractivity contribution in [3.8, 4) is 0 Å². The number of hydrogen-bond acceptors (Lipinski definition) is 4. The average Bonchev–Trinajstić information content (AvgIpc) is 2.93. The summed E-state index contributed by atoms with van der Waals surface area (Å²) in [6.45, 7) is 4.99. The van der Waals surface area contributed by atoms with Crippen LogP contribution in [0.3, 0.4) is 0 Å².